The summed E-state index contributed by atoms with van der Waals surface area (Å²) in [5.74, 6) is 0.659. The van der Waals surface area contributed by atoms with Gasteiger partial charge in [0, 0.05) is 6.04 Å². The number of esters is 1. The van der Waals surface area contributed by atoms with E-state index in [2.05, 4.69) is 5.32 Å². The number of hydrogen-bond donors (Lipinski definition) is 1. The predicted molar refractivity (Wildman–Crippen MR) is 49.3 cm³/mol. The Morgan fingerprint density at radius 1 is 1.38 bits per heavy atom. The van der Waals surface area contributed by atoms with Crippen molar-refractivity contribution in [3.8, 4) is 0 Å². The highest BCUT2D eigenvalue weighted by molar-refractivity contribution is 5.70. The Kier molecular flexibility index (Phi) is 2.83. The first kappa shape index (κ1) is 9.00. The number of hydrogen-bond acceptors (Lipinski definition) is 3. The Morgan fingerprint density at radius 2 is 2.23 bits per heavy atom. The zero-order valence-corrected chi connectivity index (χ0v) is 7.92. The molecule has 0 spiro atoms. The number of carbonyl (C=O) groups is 1. The Labute approximate surface area is 78.8 Å². The molecule has 2 fully saturated rings. The lowest BCUT2D eigenvalue weighted by molar-refractivity contribution is -0.144. The second-order valence-corrected chi connectivity index (χ2v) is 4.12. The normalized spacial score (nSPS) is 27.5. The SMILES string of the molecule is O=C(CC1CCCN1)OCC1CC1. The summed E-state index contributed by atoms with van der Waals surface area (Å²) in [6.07, 6.45) is 5.37. The fourth-order valence-electron chi connectivity index (χ4n) is 1.69. The van der Waals surface area contributed by atoms with E-state index in [-0.39, 0.29) is 5.97 Å². The van der Waals surface area contributed by atoms with Crippen LogP contribution in [0.1, 0.15) is 32.1 Å². The van der Waals surface area contributed by atoms with Crippen molar-refractivity contribution < 1.29 is 9.53 Å². The lowest BCUT2D eigenvalue weighted by atomic mass is 10.2. The van der Waals surface area contributed by atoms with Crippen LogP contribution in [-0.2, 0) is 9.53 Å². The van der Waals surface area contributed by atoms with Crippen LogP contribution in [0.2, 0.25) is 0 Å². The molecule has 1 aliphatic heterocycles. The first-order chi connectivity index (χ1) is 6.34. The van der Waals surface area contributed by atoms with Crippen LogP contribution >= 0.6 is 0 Å². The number of nitrogens with one attached hydrogen (secondary N) is 1. The molecule has 1 atom stereocenters. The van der Waals surface area contributed by atoms with Gasteiger partial charge in [-0.15, -0.1) is 0 Å². The molecule has 74 valence electrons. The molecular weight excluding hydrogens is 166 g/mol. The van der Waals surface area contributed by atoms with Crippen molar-refractivity contribution in [2.24, 2.45) is 5.92 Å². The Morgan fingerprint density at radius 3 is 2.85 bits per heavy atom. The van der Waals surface area contributed by atoms with Gasteiger partial charge in [-0.05, 0) is 38.1 Å². The first-order valence-electron chi connectivity index (χ1n) is 5.23. The fraction of sp³-hybridized carbons (Fsp3) is 0.900. The number of carbonyl (C=O) groups excluding carboxylic acids is 1. The van der Waals surface area contributed by atoms with E-state index in [9.17, 15) is 4.79 Å². The monoisotopic (exact) mass is 183 g/mol. The predicted octanol–water partition coefficient (Wildman–Crippen LogP) is 1.08. The molecule has 0 radical (unpaired) electrons. The summed E-state index contributed by atoms with van der Waals surface area (Å²) in [4.78, 5) is 11.3. The van der Waals surface area contributed by atoms with Crippen LogP contribution in [-0.4, -0.2) is 25.2 Å². The topological polar surface area (TPSA) is 38.3 Å². The Hall–Kier alpha value is -0.570. The molecule has 1 unspecified atom stereocenters. The minimum absolute atomic E-state index is 0.0219. The van der Waals surface area contributed by atoms with Gasteiger partial charge < -0.3 is 10.1 Å². The lowest BCUT2D eigenvalue weighted by Gasteiger charge is -2.09. The first-order valence-corrected chi connectivity index (χ1v) is 5.23. The molecule has 1 saturated heterocycles. The smallest absolute Gasteiger partial charge is 0.307 e. The van der Waals surface area contributed by atoms with Gasteiger partial charge in [0.1, 0.15) is 0 Å². The molecule has 0 aromatic carbocycles. The van der Waals surface area contributed by atoms with Crippen LogP contribution in [0.3, 0.4) is 0 Å². The summed E-state index contributed by atoms with van der Waals surface area (Å²) in [5.41, 5.74) is 0. The van der Waals surface area contributed by atoms with Crippen molar-refractivity contribution in [2.45, 2.75) is 38.1 Å². The molecule has 0 aromatic rings. The number of rotatable bonds is 4. The molecule has 1 heterocycles. The van der Waals surface area contributed by atoms with Crippen LogP contribution in [0.25, 0.3) is 0 Å². The van der Waals surface area contributed by atoms with E-state index in [1.165, 1.54) is 19.3 Å². The average Bonchev–Trinajstić information content (AvgIpc) is 2.82. The van der Waals surface area contributed by atoms with E-state index in [0.717, 1.165) is 13.0 Å². The quantitative estimate of drug-likeness (QED) is 0.663. The zero-order valence-electron chi connectivity index (χ0n) is 7.92. The van der Waals surface area contributed by atoms with E-state index in [1.54, 1.807) is 0 Å². The molecule has 0 aromatic heterocycles. The van der Waals surface area contributed by atoms with E-state index < -0.39 is 0 Å². The third kappa shape index (κ3) is 2.99. The highest BCUT2D eigenvalue weighted by atomic mass is 16.5. The third-order valence-corrected chi connectivity index (χ3v) is 2.75. The van der Waals surface area contributed by atoms with Gasteiger partial charge in [0.15, 0.2) is 0 Å². The van der Waals surface area contributed by atoms with Crippen LogP contribution in [0.5, 0.6) is 0 Å². The van der Waals surface area contributed by atoms with Crippen molar-refractivity contribution >= 4 is 5.97 Å². The molecule has 3 nitrogen and oxygen atoms in total. The molecule has 0 bridgehead atoms. The summed E-state index contributed by atoms with van der Waals surface area (Å²) in [5, 5.41) is 3.29. The maximum Gasteiger partial charge on any atom is 0.307 e. The summed E-state index contributed by atoms with van der Waals surface area (Å²) in [6.45, 7) is 1.71. The van der Waals surface area contributed by atoms with E-state index in [4.69, 9.17) is 4.74 Å². The maximum atomic E-state index is 11.3. The second-order valence-electron chi connectivity index (χ2n) is 4.12. The van der Waals surface area contributed by atoms with Gasteiger partial charge in [0.05, 0.1) is 13.0 Å². The number of ether oxygens (including phenoxy) is 1. The molecule has 1 aliphatic carbocycles. The largest absolute Gasteiger partial charge is 0.465 e. The molecule has 0 amide bonds. The minimum Gasteiger partial charge on any atom is -0.465 e. The van der Waals surface area contributed by atoms with E-state index in [0.29, 0.717) is 25.0 Å². The molecule has 3 heteroatoms. The van der Waals surface area contributed by atoms with Gasteiger partial charge in [-0.1, -0.05) is 0 Å². The van der Waals surface area contributed by atoms with Gasteiger partial charge in [-0.3, -0.25) is 4.79 Å². The van der Waals surface area contributed by atoms with Crippen molar-refractivity contribution in [3.05, 3.63) is 0 Å². The molecule has 2 aliphatic rings. The third-order valence-electron chi connectivity index (χ3n) is 2.75. The highest BCUT2D eigenvalue weighted by Gasteiger charge is 2.24. The fourth-order valence-corrected chi connectivity index (χ4v) is 1.69. The Bertz CT molecular complexity index is 183. The van der Waals surface area contributed by atoms with Gasteiger partial charge in [0.2, 0.25) is 0 Å². The van der Waals surface area contributed by atoms with Gasteiger partial charge >= 0.3 is 5.97 Å². The zero-order chi connectivity index (χ0) is 9.10. The summed E-state index contributed by atoms with van der Waals surface area (Å²) in [7, 11) is 0. The van der Waals surface area contributed by atoms with Gasteiger partial charge in [-0.25, -0.2) is 0 Å². The van der Waals surface area contributed by atoms with E-state index in [1.807, 2.05) is 0 Å². The van der Waals surface area contributed by atoms with Crippen molar-refractivity contribution in [1.82, 2.24) is 5.32 Å². The standard InChI is InChI=1S/C10H17NO2/c12-10(13-7-8-3-4-8)6-9-2-1-5-11-9/h8-9,11H,1-7H2. The average molecular weight is 183 g/mol. The molecule has 2 rings (SSSR count). The molecular formula is C10H17NO2. The maximum absolute atomic E-state index is 11.3. The van der Waals surface area contributed by atoms with Gasteiger partial charge in [0.25, 0.3) is 0 Å². The molecule has 1 saturated carbocycles. The van der Waals surface area contributed by atoms with Gasteiger partial charge in [-0.2, -0.15) is 0 Å². The van der Waals surface area contributed by atoms with Crippen molar-refractivity contribution in [1.29, 1.82) is 0 Å². The van der Waals surface area contributed by atoms with Crippen LogP contribution < -0.4 is 5.32 Å². The lowest BCUT2D eigenvalue weighted by Crippen LogP contribution is -2.25. The second kappa shape index (κ2) is 4.09. The summed E-state index contributed by atoms with van der Waals surface area (Å²) >= 11 is 0. The molecule has 1 N–H and O–H groups in total. The van der Waals surface area contributed by atoms with Crippen LogP contribution in [0, 0.1) is 5.92 Å². The summed E-state index contributed by atoms with van der Waals surface area (Å²) in [6, 6.07) is 0.381. The van der Waals surface area contributed by atoms with Crippen LogP contribution in [0.4, 0.5) is 0 Å². The Balaban J connectivity index is 1.59. The van der Waals surface area contributed by atoms with E-state index >= 15 is 0 Å². The van der Waals surface area contributed by atoms with Crippen molar-refractivity contribution in [2.75, 3.05) is 13.2 Å². The highest BCUT2D eigenvalue weighted by Crippen LogP contribution is 2.28. The van der Waals surface area contributed by atoms with Crippen molar-refractivity contribution in [3.63, 3.8) is 0 Å². The summed E-state index contributed by atoms with van der Waals surface area (Å²) < 4.78 is 5.15. The molecule has 13 heavy (non-hydrogen) atoms. The van der Waals surface area contributed by atoms with Crippen LogP contribution in [0.15, 0.2) is 0 Å². The minimum atomic E-state index is -0.0219.